The quantitative estimate of drug-likeness (QED) is 0.872. The van der Waals surface area contributed by atoms with E-state index in [1.807, 2.05) is 24.3 Å². The number of carbonyl (C=O) groups excluding carboxylic acids is 1. The fourth-order valence-electron chi connectivity index (χ4n) is 2.27. The molecule has 0 unspecified atom stereocenters. The first-order valence-electron chi connectivity index (χ1n) is 6.17. The summed E-state index contributed by atoms with van der Waals surface area (Å²) in [5, 5.41) is 1.70. The third-order valence-corrected chi connectivity index (χ3v) is 6.40. The number of fused-ring (bicyclic) bond motifs is 1. The van der Waals surface area contributed by atoms with Crippen molar-refractivity contribution in [1.29, 1.82) is 0 Å². The minimum absolute atomic E-state index is 0.252. The van der Waals surface area contributed by atoms with Crippen molar-refractivity contribution in [3.63, 3.8) is 0 Å². The van der Waals surface area contributed by atoms with Gasteiger partial charge in [-0.15, -0.1) is 11.3 Å². The van der Waals surface area contributed by atoms with E-state index < -0.39 is 15.6 Å². The van der Waals surface area contributed by atoms with Crippen LogP contribution in [0.25, 0.3) is 0 Å². The molecular formula is C14H13NO3S2. The lowest BCUT2D eigenvalue weighted by molar-refractivity contribution is -0.129. The molecule has 0 saturated heterocycles. The van der Waals surface area contributed by atoms with Crippen molar-refractivity contribution >= 4 is 27.1 Å². The normalized spacial score (nSPS) is 14.3. The number of rotatable bonds is 3. The Morgan fingerprint density at radius 1 is 1.10 bits per heavy atom. The zero-order valence-electron chi connectivity index (χ0n) is 10.7. The molecule has 1 aliphatic heterocycles. The predicted octanol–water partition coefficient (Wildman–Crippen LogP) is 2.06. The molecule has 0 saturated carbocycles. The van der Waals surface area contributed by atoms with E-state index in [2.05, 4.69) is 0 Å². The zero-order valence-corrected chi connectivity index (χ0v) is 12.3. The summed E-state index contributed by atoms with van der Waals surface area (Å²) >= 11 is 1.14. The van der Waals surface area contributed by atoms with E-state index in [0.29, 0.717) is 13.1 Å². The molecule has 0 N–H and O–H groups in total. The van der Waals surface area contributed by atoms with Crippen molar-refractivity contribution in [2.75, 3.05) is 5.75 Å². The average molecular weight is 307 g/mol. The predicted molar refractivity (Wildman–Crippen MR) is 77.1 cm³/mol. The Hall–Kier alpha value is -1.66. The van der Waals surface area contributed by atoms with E-state index in [0.717, 1.165) is 22.5 Å². The van der Waals surface area contributed by atoms with Gasteiger partial charge in [-0.3, -0.25) is 4.79 Å². The summed E-state index contributed by atoms with van der Waals surface area (Å²) in [5.74, 6) is -0.795. The summed E-state index contributed by atoms with van der Waals surface area (Å²) < 4.78 is 24.4. The van der Waals surface area contributed by atoms with Crippen LogP contribution < -0.4 is 0 Å². The molecule has 3 rings (SSSR count). The Morgan fingerprint density at radius 3 is 2.30 bits per heavy atom. The fourth-order valence-corrected chi connectivity index (χ4v) is 4.59. The van der Waals surface area contributed by atoms with Crippen LogP contribution in [0.15, 0.2) is 46.0 Å². The SMILES string of the molecule is O=C(CS(=O)(=O)c1cccs1)N1Cc2ccccc2C1. The van der Waals surface area contributed by atoms with Crippen LogP contribution in [-0.4, -0.2) is 25.0 Å². The smallest absolute Gasteiger partial charge is 0.238 e. The Labute approximate surface area is 121 Å². The molecule has 0 fully saturated rings. The Kier molecular flexibility index (Phi) is 3.35. The highest BCUT2D eigenvalue weighted by molar-refractivity contribution is 7.94. The molecule has 1 aromatic heterocycles. The van der Waals surface area contributed by atoms with Crippen LogP contribution in [-0.2, 0) is 27.7 Å². The van der Waals surface area contributed by atoms with E-state index in [9.17, 15) is 13.2 Å². The summed E-state index contributed by atoms with van der Waals surface area (Å²) in [6.45, 7) is 0.990. The molecule has 20 heavy (non-hydrogen) atoms. The molecule has 0 radical (unpaired) electrons. The summed E-state index contributed by atoms with van der Waals surface area (Å²) in [6, 6.07) is 11.0. The lowest BCUT2D eigenvalue weighted by Crippen LogP contribution is -2.31. The molecule has 0 aliphatic carbocycles. The Balaban J connectivity index is 1.73. The highest BCUT2D eigenvalue weighted by Gasteiger charge is 2.28. The van der Waals surface area contributed by atoms with Crippen molar-refractivity contribution in [3.05, 3.63) is 52.9 Å². The van der Waals surface area contributed by atoms with E-state index >= 15 is 0 Å². The molecule has 1 amide bonds. The van der Waals surface area contributed by atoms with Gasteiger partial charge in [0.15, 0.2) is 9.84 Å². The maximum Gasteiger partial charge on any atom is 0.238 e. The van der Waals surface area contributed by atoms with E-state index in [4.69, 9.17) is 0 Å². The molecule has 6 heteroatoms. The summed E-state index contributed by atoms with van der Waals surface area (Å²) in [6.07, 6.45) is 0. The maximum atomic E-state index is 12.2. The van der Waals surface area contributed by atoms with Gasteiger partial charge in [0.25, 0.3) is 0 Å². The first kappa shape index (κ1) is 13.3. The molecule has 0 atom stereocenters. The molecule has 1 aliphatic rings. The summed E-state index contributed by atoms with van der Waals surface area (Å²) in [5.41, 5.74) is 2.18. The molecule has 4 nitrogen and oxygen atoms in total. The topological polar surface area (TPSA) is 54.5 Å². The van der Waals surface area contributed by atoms with Crippen LogP contribution in [0.5, 0.6) is 0 Å². The highest BCUT2D eigenvalue weighted by Crippen LogP contribution is 2.24. The maximum absolute atomic E-state index is 12.2. The van der Waals surface area contributed by atoms with Crippen LogP contribution in [0, 0.1) is 0 Å². The van der Waals surface area contributed by atoms with Crippen LogP contribution in [0.3, 0.4) is 0 Å². The highest BCUT2D eigenvalue weighted by atomic mass is 32.2. The molecule has 0 bridgehead atoms. The average Bonchev–Trinajstić information content (AvgIpc) is 3.07. The number of amides is 1. The number of sulfone groups is 1. The van der Waals surface area contributed by atoms with Crippen LogP contribution >= 0.6 is 11.3 Å². The standard InChI is InChI=1S/C14H13NO3S2/c16-13(10-20(17,18)14-6-3-7-19-14)15-8-11-4-1-2-5-12(11)9-15/h1-7H,8-10H2. The van der Waals surface area contributed by atoms with Crippen molar-refractivity contribution in [2.45, 2.75) is 17.3 Å². The second kappa shape index (κ2) is 5.03. The van der Waals surface area contributed by atoms with Gasteiger partial charge in [0, 0.05) is 13.1 Å². The first-order chi connectivity index (χ1) is 9.56. The van der Waals surface area contributed by atoms with Gasteiger partial charge in [-0.25, -0.2) is 8.42 Å². The molecule has 104 valence electrons. The van der Waals surface area contributed by atoms with Crippen molar-refractivity contribution < 1.29 is 13.2 Å². The second-order valence-electron chi connectivity index (χ2n) is 4.71. The second-order valence-corrected chi connectivity index (χ2v) is 7.87. The van der Waals surface area contributed by atoms with Gasteiger partial charge in [0.1, 0.15) is 9.96 Å². The number of carbonyl (C=O) groups is 1. The lowest BCUT2D eigenvalue weighted by atomic mass is 10.1. The van der Waals surface area contributed by atoms with Gasteiger partial charge < -0.3 is 4.90 Å². The zero-order chi connectivity index (χ0) is 14.2. The van der Waals surface area contributed by atoms with E-state index in [1.54, 1.807) is 16.3 Å². The molecule has 2 aromatic rings. The number of nitrogens with zero attached hydrogens (tertiary/aromatic N) is 1. The van der Waals surface area contributed by atoms with E-state index in [1.165, 1.54) is 6.07 Å². The van der Waals surface area contributed by atoms with E-state index in [-0.39, 0.29) is 10.1 Å². The minimum atomic E-state index is -3.51. The number of hydrogen-bond donors (Lipinski definition) is 0. The molecule has 1 aromatic carbocycles. The van der Waals surface area contributed by atoms with Crippen LogP contribution in [0.4, 0.5) is 0 Å². The molecular weight excluding hydrogens is 294 g/mol. The largest absolute Gasteiger partial charge is 0.333 e. The summed E-state index contributed by atoms with van der Waals surface area (Å²) in [7, 11) is -3.51. The number of thiophene rings is 1. The van der Waals surface area contributed by atoms with Gasteiger partial charge in [-0.05, 0) is 22.6 Å². The van der Waals surface area contributed by atoms with Crippen LogP contribution in [0.1, 0.15) is 11.1 Å². The minimum Gasteiger partial charge on any atom is -0.333 e. The van der Waals surface area contributed by atoms with Crippen molar-refractivity contribution in [3.8, 4) is 0 Å². The van der Waals surface area contributed by atoms with Gasteiger partial charge in [0.05, 0.1) is 0 Å². The number of benzene rings is 1. The third kappa shape index (κ3) is 2.48. The van der Waals surface area contributed by atoms with Gasteiger partial charge in [0.2, 0.25) is 5.91 Å². The van der Waals surface area contributed by atoms with Gasteiger partial charge in [-0.1, -0.05) is 30.3 Å². The summed E-state index contributed by atoms with van der Waals surface area (Å²) in [4.78, 5) is 13.8. The molecule has 0 spiro atoms. The fraction of sp³-hybridized carbons (Fsp3) is 0.214. The van der Waals surface area contributed by atoms with Crippen molar-refractivity contribution in [1.82, 2.24) is 4.90 Å². The third-order valence-electron chi connectivity index (χ3n) is 3.31. The molecule has 2 heterocycles. The van der Waals surface area contributed by atoms with Crippen molar-refractivity contribution in [2.24, 2.45) is 0 Å². The van der Waals surface area contributed by atoms with Gasteiger partial charge in [-0.2, -0.15) is 0 Å². The number of hydrogen-bond acceptors (Lipinski definition) is 4. The van der Waals surface area contributed by atoms with Crippen LogP contribution in [0.2, 0.25) is 0 Å². The Bertz CT molecular complexity index is 711. The van der Waals surface area contributed by atoms with Gasteiger partial charge >= 0.3 is 0 Å². The lowest BCUT2D eigenvalue weighted by Gasteiger charge is -2.15. The monoisotopic (exact) mass is 307 g/mol. The Morgan fingerprint density at radius 2 is 1.75 bits per heavy atom. The first-order valence-corrected chi connectivity index (χ1v) is 8.70.